The molecule has 0 spiro atoms. The Balaban J connectivity index is 1.98. The molecule has 0 bridgehead atoms. The molecule has 2 aromatic heterocycles. The summed E-state index contributed by atoms with van der Waals surface area (Å²) in [5, 5.41) is 5.42. The Morgan fingerprint density at radius 1 is 1.20 bits per heavy atom. The lowest BCUT2D eigenvalue weighted by molar-refractivity contribution is 0.480. The summed E-state index contributed by atoms with van der Waals surface area (Å²) >= 11 is 0. The van der Waals surface area contributed by atoms with Gasteiger partial charge in [0.25, 0.3) is 0 Å². The van der Waals surface area contributed by atoms with Gasteiger partial charge in [0.05, 0.1) is 24.5 Å². The first-order valence-electron chi connectivity index (χ1n) is 4.79. The number of furan rings is 1. The Kier molecular flexibility index (Phi) is 1.81. The van der Waals surface area contributed by atoms with Crippen LogP contribution in [0.15, 0.2) is 47.1 Å². The fraction of sp³-hybridized carbons (Fsp3) is 0.0833. The summed E-state index contributed by atoms with van der Waals surface area (Å²) in [7, 11) is 0. The molecule has 0 aliphatic carbocycles. The largest absolute Gasteiger partial charge is 0.467 e. The first kappa shape index (κ1) is 8.29. The molecule has 3 heteroatoms. The molecule has 1 radical (unpaired) electrons. The normalized spacial score (nSPS) is 10.9. The monoisotopic (exact) mass is 197 g/mol. The van der Waals surface area contributed by atoms with Crippen LogP contribution >= 0.6 is 0 Å². The van der Waals surface area contributed by atoms with E-state index in [0.29, 0.717) is 6.54 Å². The third-order valence-electron chi connectivity index (χ3n) is 2.27. The van der Waals surface area contributed by atoms with E-state index < -0.39 is 0 Å². The Bertz CT molecular complexity index is 533. The highest BCUT2D eigenvalue weighted by atomic mass is 16.3. The van der Waals surface area contributed by atoms with E-state index in [1.807, 2.05) is 36.4 Å². The van der Waals surface area contributed by atoms with Gasteiger partial charge in [-0.25, -0.2) is 0 Å². The average molecular weight is 197 g/mol. The quantitative estimate of drug-likeness (QED) is 0.632. The molecule has 2 heterocycles. The summed E-state index contributed by atoms with van der Waals surface area (Å²) < 4.78 is 7.02. The van der Waals surface area contributed by atoms with Gasteiger partial charge in [-0.05, 0) is 18.2 Å². The van der Waals surface area contributed by atoms with Crippen LogP contribution in [0.2, 0.25) is 0 Å². The van der Waals surface area contributed by atoms with Crippen LogP contribution in [0, 0.1) is 6.20 Å². The van der Waals surface area contributed by atoms with Gasteiger partial charge in [0.15, 0.2) is 0 Å². The van der Waals surface area contributed by atoms with Crippen molar-refractivity contribution in [3.05, 3.63) is 54.6 Å². The average Bonchev–Trinajstić information content (AvgIpc) is 2.86. The maximum atomic E-state index is 5.25. The second kappa shape index (κ2) is 3.28. The maximum Gasteiger partial charge on any atom is 0.125 e. The molecule has 0 saturated heterocycles. The first-order chi connectivity index (χ1) is 7.42. The minimum absolute atomic E-state index is 0.627. The smallest absolute Gasteiger partial charge is 0.125 e. The summed E-state index contributed by atoms with van der Waals surface area (Å²) in [6, 6.07) is 11.7. The molecule has 3 nitrogen and oxygen atoms in total. The summed E-state index contributed by atoms with van der Waals surface area (Å²) in [6.45, 7) is 0.627. The van der Waals surface area contributed by atoms with Gasteiger partial charge >= 0.3 is 0 Å². The molecule has 0 saturated carbocycles. The number of benzene rings is 1. The molecule has 3 rings (SSSR count). The van der Waals surface area contributed by atoms with Crippen LogP contribution in [0.25, 0.3) is 10.9 Å². The topological polar surface area (TPSA) is 31.0 Å². The third kappa shape index (κ3) is 1.52. The van der Waals surface area contributed by atoms with Crippen LogP contribution in [-0.4, -0.2) is 9.78 Å². The molecule has 3 aromatic rings. The summed E-state index contributed by atoms with van der Waals surface area (Å²) in [5.74, 6) is 0.888. The molecule has 0 atom stereocenters. The number of hydrogen-bond donors (Lipinski definition) is 0. The van der Waals surface area contributed by atoms with E-state index in [2.05, 4.69) is 11.3 Å². The molecule has 0 fully saturated rings. The third-order valence-corrected chi connectivity index (χ3v) is 2.27. The second-order valence-corrected chi connectivity index (χ2v) is 3.37. The number of fused-ring (bicyclic) bond motifs is 1. The minimum atomic E-state index is 0.627. The second-order valence-electron chi connectivity index (χ2n) is 3.37. The summed E-state index contributed by atoms with van der Waals surface area (Å²) in [5.41, 5.74) is 0.962. The van der Waals surface area contributed by atoms with Gasteiger partial charge in [-0.1, -0.05) is 18.2 Å². The van der Waals surface area contributed by atoms with Crippen molar-refractivity contribution in [1.29, 1.82) is 0 Å². The molecular formula is C12H9N2O. The van der Waals surface area contributed by atoms with Crippen LogP contribution < -0.4 is 0 Å². The Morgan fingerprint density at radius 2 is 2.13 bits per heavy atom. The van der Waals surface area contributed by atoms with Crippen molar-refractivity contribution in [2.75, 3.05) is 0 Å². The maximum absolute atomic E-state index is 5.25. The van der Waals surface area contributed by atoms with Gasteiger partial charge in [0.1, 0.15) is 5.76 Å². The fourth-order valence-corrected chi connectivity index (χ4v) is 1.57. The number of rotatable bonds is 2. The van der Waals surface area contributed by atoms with Crippen LogP contribution in [0.5, 0.6) is 0 Å². The van der Waals surface area contributed by atoms with Gasteiger partial charge in [-0.2, -0.15) is 5.10 Å². The lowest BCUT2D eigenvalue weighted by Gasteiger charge is -1.94. The van der Waals surface area contributed by atoms with Gasteiger partial charge in [-0.15, -0.1) is 0 Å². The van der Waals surface area contributed by atoms with E-state index in [9.17, 15) is 0 Å². The first-order valence-corrected chi connectivity index (χ1v) is 4.79. The lowest BCUT2D eigenvalue weighted by Crippen LogP contribution is -1.98. The number of aromatic nitrogens is 2. The standard InChI is InChI=1S/C12H9N2O/c1-2-6-12-10(4-1)8-14(13-12)9-11-5-3-7-15-11/h1-7H,9H2. The zero-order valence-electron chi connectivity index (χ0n) is 8.05. The van der Waals surface area contributed by atoms with E-state index in [4.69, 9.17) is 4.42 Å². The lowest BCUT2D eigenvalue weighted by atomic mass is 10.3. The van der Waals surface area contributed by atoms with Gasteiger partial charge in [-0.3, -0.25) is 4.68 Å². The van der Waals surface area contributed by atoms with Crippen LogP contribution in [0.3, 0.4) is 0 Å². The van der Waals surface area contributed by atoms with Gasteiger partial charge < -0.3 is 4.42 Å². The summed E-state index contributed by atoms with van der Waals surface area (Å²) in [4.78, 5) is 0. The SMILES string of the molecule is [c]1c2ccccc2nn1Cc1ccco1. The van der Waals surface area contributed by atoms with E-state index in [1.54, 1.807) is 10.9 Å². The molecule has 73 valence electrons. The van der Waals surface area contributed by atoms with E-state index >= 15 is 0 Å². The highest BCUT2D eigenvalue weighted by Gasteiger charge is 2.02. The Labute approximate surface area is 86.9 Å². The van der Waals surface area contributed by atoms with Crippen molar-refractivity contribution >= 4 is 10.9 Å². The van der Waals surface area contributed by atoms with Crippen molar-refractivity contribution in [3.8, 4) is 0 Å². The zero-order chi connectivity index (χ0) is 10.1. The van der Waals surface area contributed by atoms with Crippen LogP contribution in [-0.2, 0) is 6.54 Å². The van der Waals surface area contributed by atoms with Gasteiger partial charge in [0, 0.05) is 5.39 Å². The molecule has 0 amide bonds. The molecule has 0 aliphatic rings. The number of hydrogen-bond acceptors (Lipinski definition) is 2. The fourth-order valence-electron chi connectivity index (χ4n) is 1.57. The molecular weight excluding hydrogens is 188 g/mol. The zero-order valence-corrected chi connectivity index (χ0v) is 8.05. The van der Waals surface area contributed by atoms with Crippen molar-refractivity contribution in [3.63, 3.8) is 0 Å². The minimum Gasteiger partial charge on any atom is -0.467 e. The number of nitrogens with zero attached hydrogens (tertiary/aromatic N) is 2. The molecule has 0 aliphatic heterocycles. The van der Waals surface area contributed by atoms with Crippen molar-refractivity contribution in [2.24, 2.45) is 0 Å². The predicted octanol–water partition coefficient (Wildman–Crippen LogP) is 2.48. The summed E-state index contributed by atoms with van der Waals surface area (Å²) in [6.07, 6.45) is 4.84. The molecule has 0 N–H and O–H groups in total. The van der Waals surface area contributed by atoms with E-state index in [1.165, 1.54) is 0 Å². The van der Waals surface area contributed by atoms with Crippen molar-refractivity contribution in [1.82, 2.24) is 9.78 Å². The van der Waals surface area contributed by atoms with Crippen LogP contribution in [0.1, 0.15) is 5.76 Å². The molecule has 1 aromatic carbocycles. The van der Waals surface area contributed by atoms with Crippen LogP contribution in [0.4, 0.5) is 0 Å². The predicted molar refractivity (Wildman–Crippen MR) is 56.4 cm³/mol. The molecule has 15 heavy (non-hydrogen) atoms. The molecule has 0 unspecified atom stereocenters. The van der Waals surface area contributed by atoms with E-state index in [0.717, 1.165) is 16.7 Å². The Morgan fingerprint density at radius 3 is 2.93 bits per heavy atom. The van der Waals surface area contributed by atoms with Crippen molar-refractivity contribution < 1.29 is 4.42 Å². The highest BCUT2D eigenvalue weighted by molar-refractivity contribution is 5.76. The van der Waals surface area contributed by atoms with E-state index in [-0.39, 0.29) is 0 Å². The van der Waals surface area contributed by atoms with Gasteiger partial charge in [0.2, 0.25) is 0 Å². The highest BCUT2D eigenvalue weighted by Crippen LogP contribution is 2.11. The Hall–Kier alpha value is -2.03. The van der Waals surface area contributed by atoms with Crippen molar-refractivity contribution in [2.45, 2.75) is 6.54 Å².